The second kappa shape index (κ2) is 4.35. The molecule has 0 saturated heterocycles. The molecule has 0 radical (unpaired) electrons. The third kappa shape index (κ3) is 2.22. The Balaban J connectivity index is 2.21. The monoisotopic (exact) mass is 212 g/mol. The first-order chi connectivity index (χ1) is 7.66. The lowest BCUT2D eigenvalue weighted by Gasteiger charge is -1.99. The van der Waals surface area contributed by atoms with Gasteiger partial charge in [0.25, 0.3) is 0 Å². The molecule has 2 rings (SSSR count). The van der Waals surface area contributed by atoms with Crippen LogP contribution in [0.15, 0.2) is 41.4 Å². The van der Waals surface area contributed by atoms with E-state index in [1.807, 2.05) is 25.4 Å². The summed E-state index contributed by atoms with van der Waals surface area (Å²) in [6.07, 6.45) is 1.90. The van der Waals surface area contributed by atoms with E-state index in [0.717, 1.165) is 11.4 Å². The van der Waals surface area contributed by atoms with Crippen molar-refractivity contribution in [3.8, 4) is 0 Å². The van der Waals surface area contributed by atoms with Gasteiger partial charge in [0.1, 0.15) is 0 Å². The lowest BCUT2D eigenvalue weighted by Crippen LogP contribution is -1.96. The maximum absolute atomic E-state index is 4.45. The number of aromatic nitrogens is 1. The van der Waals surface area contributed by atoms with E-state index in [2.05, 4.69) is 47.7 Å². The fourth-order valence-electron chi connectivity index (χ4n) is 1.53. The van der Waals surface area contributed by atoms with Crippen molar-refractivity contribution in [3.63, 3.8) is 0 Å². The highest BCUT2D eigenvalue weighted by molar-refractivity contribution is 5.80. The molecule has 0 amide bonds. The Kier molecular flexibility index (Phi) is 2.91. The summed E-state index contributed by atoms with van der Waals surface area (Å²) >= 11 is 0. The van der Waals surface area contributed by atoms with Crippen LogP contribution in [0, 0.1) is 13.8 Å². The summed E-state index contributed by atoms with van der Waals surface area (Å²) in [5.74, 6) is 0. The van der Waals surface area contributed by atoms with Gasteiger partial charge in [0.15, 0.2) is 0 Å². The first kappa shape index (κ1) is 10.7. The lowest BCUT2D eigenvalue weighted by molar-refractivity contribution is 0.874. The van der Waals surface area contributed by atoms with E-state index in [1.165, 1.54) is 11.3 Å². The summed E-state index contributed by atoms with van der Waals surface area (Å²) in [5.41, 5.74) is 4.61. The Bertz CT molecular complexity index is 504. The molecule has 1 aromatic carbocycles. The largest absolute Gasteiger partial charge is 0.347 e. The van der Waals surface area contributed by atoms with Crippen LogP contribution in [-0.4, -0.2) is 10.8 Å². The standard InChI is InChI=1S/C14H16N2/c1-11-4-7-13(8-5-11)15-10-14-9-6-12(2)16(14)3/h4-10H,1-3H3. The molecule has 82 valence electrons. The highest BCUT2D eigenvalue weighted by Crippen LogP contribution is 2.13. The number of rotatable bonds is 2. The molecule has 0 bridgehead atoms. The van der Waals surface area contributed by atoms with Crippen LogP contribution in [0.4, 0.5) is 5.69 Å². The summed E-state index contributed by atoms with van der Waals surface area (Å²) < 4.78 is 2.12. The van der Waals surface area contributed by atoms with Crippen molar-refractivity contribution >= 4 is 11.9 Å². The van der Waals surface area contributed by atoms with Crippen molar-refractivity contribution in [3.05, 3.63) is 53.3 Å². The topological polar surface area (TPSA) is 17.3 Å². The zero-order valence-electron chi connectivity index (χ0n) is 9.94. The van der Waals surface area contributed by atoms with Gasteiger partial charge >= 0.3 is 0 Å². The molecule has 1 aromatic heterocycles. The van der Waals surface area contributed by atoms with Crippen molar-refractivity contribution in [1.82, 2.24) is 4.57 Å². The van der Waals surface area contributed by atoms with Crippen LogP contribution >= 0.6 is 0 Å². The second-order valence-corrected chi connectivity index (χ2v) is 4.05. The normalized spacial score (nSPS) is 11.2. The van der Waals surface area contributed by atoms with Gasteiger partial charge < -0.3 is 4.57 Å². The van der Waals surface area contributed by atoms with Crippen molar-refractivity contribution in [2.75, 3.05) is 0 Å². The fourth-order valence-corrected chi connectivity index (χ4v) is 1.53. The van der Waals surface area contributed by atoms with Gasteiger partial charge in [0.05, 0.1) is 17.6 Å². The van der Waals surface area contributed by atoms with Crippen LogP contribution in [0.2, 0.25) is 0 Å². The summed E-state index contributed by atoms with van der Waals surface area (Å²) in [4.78, 5) is 4.45. The minimum Gasteiger partial charge on any atom is -0.347 e. The van der Waals surface area contributed by atoms with E-state index >= 15 is 0 Å². The molecule has 2 aromatic rings. The molecule has 0 fully saturated rings. The molecule has 1 heterocycles. The Morgan fingerprint density at radius 3 is 2.25 bits per heavy atom. The Hall–Kier alpha value is -1.83. The molecule has 0 saturated carbocycles. The Labute approximate surface area is 96.3 Å². The zero-order valence-corrected chi connectivity index (χ0v) is 9.94. The van der Waals surface area contributed by atoms with E-state index in [-0.39, 0.29) is 0 Å². The minimum atomic E-state index is 0.990. The maximum Gasteiger partial charge on any atom is 0.0630 e. The molecule has 0 aliphatic carbocycles. The molecule has 0 N–H and O–H groups in total. The second-order valence-electron chi connectivity index (χ2n) is 4.05. The summed E-state index contributed by atoms with van der Waals surface area (Å²) in [5, 5.41) is 0. The molecular weight excluding hydrogens is 196 g/mol. The number of hydrogen-bond acceptors (Lipinski definition) is 1. The number of nitrogens with zero attached hydrogens (tertiary/aromatic N) is 2. The summed E-state index contributed by atoms with van der Waals surface area (Å²) in [7, 11) is 2.05. The minimum absolute atomic E-state index is 0.990. The summed E-state index contributed by atoms with van der Waals surface area (Å²) in [6, 6.07) is 12.4. The molecule has 0 atom stereocenters. The van der Waals surface area contributed by atoms with Crippen molar-refractivity contribution in [2.45, 2.75) is 13.8 Å². The third-order valence-electron chi connectivity index (χ3n) is 2.79. The van der Waals surface area contributed by atoms with Gasteiger partial charge in [-0.3, -0.25) is 4.99 Å². The Morgan fingerprint density at radius 1 is 1.00 bits per heavy atom. The van der Waals surface area contributed by atoms with Crippen LogP contribution in [0.25, 0.3) is 0 Å². The molecule has 2 nitrogen and oxygen atoms in total. The predicted octanol–water partition coefficient (Wildman–Crippen LogP) is 3.39. The van der Waals surface area contributed by atoms with Gasteiger partial charge in [-0.25, -0.2) is 0 Å². The molecule has 2 heteroatoms. The Morgan fingerprint density at radius 2 is 1.69 bits per heavy atom. The van der Waals surface area contributed by atoms with Crippen molar-refractivity contribution in [2.24, 2.45) is 12.0 Å². The van der Waals surface area contributed by atoms with Gasteiger partial charge in [-0.05, 0) is 38.1 Å². The predicted molar refractivity (Wildman–Crippen MR) is 68.6 cm³/mol. The van der Waals surface area contributed by atoms with Crippen LogP contribution in [0.5, 0.6) is 0 Å². The van der Waals surface area contributed by atoms with E-state index in [1.54, 1.807) is 0 Å². The van der Waals surface area contributed by atoms with Crippen molar-refractivity contribution in [1.29, 1.82) is 0 Å². The number of aliphatic imine (C=N–C) groups is 1. The van der Waals surface area contributed by atoms with E-state index in [0.29, 0.717) is 0 Å². The first-order valence-corrected chi connectivity index (χ1v) is 5.40. The highest BCUT2D eigenvalue weighted by atomic mass is 15.0. The number of hydrogen-bond donors (Lipinski definition) is 0. The van der Waals surface area contributed by atoms with Crippen LogP contribution in [0.3, 0.4) is 0 Å². The molecular formula is C14H16N2. The van der Waals surface area contributed by atoms with E-state index in [4.69, 9.17) is 0 Å². The molecule has 0 spiro atoms. The van der Waals surface area contributed by atoms with Gasteiger partial charge in [0.2, 0.25) is 0 Å². The summed E-state index contributed by atoms with van der Waals surface area (Å²) in [6.45, 7) is 4.16. The molecule has 16 heavy (non-hydrogen) atoms. The SMILES string of the molecule is Cc1ccc(N=Cc2ccc(C)n2C)cc1. The third-order valence-corrected chi connectivity index (χ3v) is 2.79. The van der Waals surface area contributed by atoms with Crippen LogP contribution in [0.1, 0.15) is 17.0 Å². The molecule has 0 unspecified atom stereocenters. The van der Waals surface area contributed by atoms with E-state index < -0.39 is 0 Å². The fraction of sp³-hybridized carbons (Fsp3) is 0.214. The lowest BCUT2D eigenvalue weighted by atomic mass is 10.2. The first-order valence-electron chi connectivity index (χ1n) is 5.40. The smallest absolute Gasteiger partial charge is 0.0630 e. The van der Waals surface area contributed by atoms with Gasteiger partial charge in [-0.15, -0.1) is 0 Å². The van der Waals surface area contributed by atoms with Gasteiger partial charge in [-0.2, -0.15) is 0 Å². The highest BCUT2D eigenvalue weighted by Gasteiger charge is 1.96. The molecule has 0 aliphatic rings. The molecule has 0 aliphatic heterocycles. The number of aryl methyl sites for hydroxylation is 2. The number of benzene rings is 1. The average Bonchev–Trinajstić information content (AvgIpc) is 2.60. The van der Waals surface area contributed by atoms with Crippen LogP contribution < -0.4 is 0 Å². The van der Waals surface area contributed by atoms with Crippen molar-refractivity contribution < 1.29 is 0 Å². The van der Waals surface area contributed by atoms with E-state index in [9.17, 15) is 0 Å². The van der Waals surface area contributed by atoms with Gasteiger partial charge in [0, 0.05) is 12.7 Å². The maximum atomic E-state index is 4.45. The average molecular weight is 212 g/mol. The zero-order chi connectivity index (χ0) is 11.5. The van der Waals surface area contributed by atoms with Gasteiger partial charge in [-0.1, -0.05) is 17.7 Å². The quantitative estimate of drug-likeness (QED) is 0.679. The van der Waals surface area contributed by atoms with Crippen LogP contribution in [-0.2, 0) is 7.05 Å².